The topological polar surface area (TPSA) is 15.3 Å². The Hall–Kier alpha value is -0.860. The minimum absolute atomic E-state index is 0.567. The highest BCUT2D eigenvalue weighted by molar-refractivity contribution is 5.26. The molecule has 2 rings (SSSR count). The van der Waals surface area contributed by atoms with E-state index in [1.807, 2.05) is 0 Å². The number of rotatable bonds is 5. The Labute approximate surface area is 118 Å². The molecule has 1 aromatic rings. The van der Waals surface area contributed by atoms with E-state index in [0.29, 0.717) is 6.04 Å². The lowest BCUT2D eigenvalue weighted by Crippen LogP contribution is -2.36. The Morgan fingerprint density at radius 3 is 2.32 bits per heavy atom. The van der Waals surface area contributed by atoms with Crippen molar-refractivity contribution in [1.82, 2.24) is 10.2 Å². The van der Waals surface area contributed by atoms with Crippen molar-refractivity contribution < 1.29 is 0 Å². The van der Waals surface area contributed by atoms with E-state index in [2.05, 4.69) is 55.5 Å². The van der Waals surface area contributed by atoms with Gasteiger partial charge in [-0.15, -0.1) is 0 Å². The molecule has 2 nitrogen and oxygen atoms in total. The van der Waals surface area contributed by atoms with Crippen LogP contribution in [0.2, 0.25) is 0 Å². The highest BCUT2D eigenvalue weighted by Crippen LogP contribution is 2.32. The summed E-state index contributed by atoms with van der Waals surface area (Å²) in [5.41, 5.74) is 2.95. The van der Waals surface area contributed by atoms with Crippen LogP contribution in [-0.2, 0) is 6.42 Å². The van der Waals surface area contributed by atoms with Gasteiger partial charge < -0.3 is 10.2 Å². The standard InChI is InChI=1S/C17H28N2/c1-4-5-14-6-8-15(9-7-14)17(19(2)3)16-10-12-18-13-11-16/h6-9,16-18H,4-5,10-13H2,1-3H3. The van der Waals surface area contributed by atoms with Crippen molar-refractivity contribution in [2.24, 2.45) is 5.92 Å². The maximum atomic E-state index is 3.47. The van der Waals surface area contributed by atoms with Crippen molar-refractivity contribution >= 4 is 0 Å². The van der Waals surface area contributed by atoms with Crippen molar-refractivity contribution in [3.8, 4) is 0 Å². The first kappa shape index (κ1) is 14.5. The van der Waals surface area contributed by atoms with Gasteiger partial charge in [-0.3, -0.25) is 0 Å². The average Bonchev–Trinajstić information content (AvgIpc) is 2.42. The van der Waals surface area contributed by atoms with Gasteiger partial charge in [-0.1, -0.05) is 37.6 Å². The summed E-state index contributed by atoms with van der Waals surface area (Å²) in [6, 6.07) is 9.89. The monoisotopic (exact) mass is 260 g/mol. The molecule has 1 saturated heterocycles. The zero-order chi connectivity index (χ0) is 13.7. The van der Waals surface area contributed by atoms with Gasteiger partial charge in [0.2, 0.25) is 0 Å². The molecule has 19 heavy (non-hydrogen) atoms. The Kier molecular flexibility index (Phi) is 5.41. The molecule has 106 valence electrons. The molecule has 0 bridgehead atoms. The molecular formula is C17H28N2. The van der Waals surface area contributed by atoms with E-state index in [0.717, 1.165) is 5.92 Å². The third-order valence-corrected chi connectivity index (χ3v) is 4.25. The van der Waals surface area contributed by atoms with E-state index in [4.69, 9.17) is 0 Å². The summed E-state index contributed by atoms with van der Waals surface area (Å²) in [7, 11) is 4.43. The predicted octanol–water partition coefficient (Wildman–Crippen LogP) is 3.24. The first-order valence-corrected chi connectivity index (χ1v) is 7.68. The molecule has 2 heteroatoms. The third kappa shape index (κ3) is 3.80. The van der Waals surface area contributed by atoms with E-state index in [1.54, 1.807) is 0 Å². The van der Waals surface area contributed by atoms with Crippen LogP contribution in [-0.4, -0.2) is 32.1 Å². The lowest BCUT2D eigenvalue weighted by atomic mass is 9.85. The molecule has 1 aliphatic rings. The second-order valence-electron chi connectivity index (χ2n) is 5.99. The van der Waals surface area contributed by atoms with Gasteiger partial charge in [-0.2, -0.15) is 0 Å². The van der Waals surface area contributed by atoms with Crippen LogP contribution in [0.3, 0.4) is 0 Å². The van der Waals surface area contributed by atoms with Crippen LogP contribution in [0, 0.1) is 5.92 Å². The molecule has 1 N–H and O–H groups in total. The van der Waals surface area contributed by atoms with Crippen LogP contribution in [0.1, 0.15) is 43.4 Å². The number of piperidine rings is 1. The number of nitrogens with one attached hydrogen (secondary N) is 1. The van der Waals surface area contributed by atoms with E-state index in [1.165, 1.54) is 49.9 Å². The summed E-state index contributed by atoms with van der Waals surface area (Å²) < 4.78 is 0. The van der Waals surface area contributed by atoms with Gasteiger partial charge in [-0.25, -0.2) is 0 Å². The number of aryl methyl sites for hydroxylation is 1. The fourth-order valence-corrected chi connectivity index (χ4v) is 3.32. The first-order chi connectivity index (χ1) is 9.22. The van der Waals surface area contributed by atoms with E-state index < -0.39 is 0 Å². The molecule has 1 unspecified atom stereocenters. The van der Waals surface area contributed by atoms with Gasteiger partial charge in [-0.05, 0) is 63.5 Å². The summed E-state index contributed by atoms with van der Waals surface area (Å²) in [5.74, 6) is 0.785. The number of hydrogen-bond acceptors (Lipinski definition) is 2. The Morgan fingerprint density at radius 1 is 1.16 bits per heavy atom. The smallest absolute Gasteiger partial charge is 0.0371 e. The zero-order valence-corrected chi connectivity index (χ0v) is 12.7. The molecule has 1 fully saturated rings. The predicted molar refractivity (Wildman–Crippen MR) is 82.5 cm³/mol. The number of benzene rings is 1. The second-order valence-corrected chi connectivity index (χ2v) is 5.99. The SMILES string of the molecule is CCCc1ccc(C(C2CCNCC2)N(C)C)cc1. The Balaban J connectivity index is 2.13. The fraction of sp³-hybridized carbons (Fsp3) is 0.647. The van der Waals surface area contributed by atoms with Crippen LogP contribution >= 0.6 is 0 Å². The summed E-state index contributed by atoms with van der Waals surface area (Å²) in [6.07, 6.45) is 5.00. The molecular weight excluding hydrogens is 232 g/mol. The van der Waals surface area contributed by atoms with Gasteiger partial charge in [0.15, 0.2) is 0 Å². The minimum Gasteiger partial charge on any atom is -0.317 e. The first-order valence-electron chi connectivity index (χ1n) is 7.68. The highest BCUT2D eigenvalue weighted by Gasteiger charge is 2.26. The number of hydrogen-bond donors (Lipinski definition) is 1. The van der Waals surface area contributed by atoms with Gasteiger partial charge in [0.25, 0.3) is 0 Å². The van der Waals surface area contributed by atoms with Gasteiger partial charge in [0, 0.05) is 6.04 Å². The van der Waals surface area contributed by atoms with E-state index >= 15 is 0 Å². The summed E-state index contributed by atoms with van der Waals surface area (Å²) >= 11 is 0. The van der Waals surface area contributed by atoms with Crippen molar-refractivity contribution in [2.75, 3.05) is 27.2 Å². The molecule has 0 spiro atoms. The lowest BCUT2D eigenvalue weighted by Gasteiger charge is -2.35. The van der Waals surface area contributed by atoms with E-state index in [9.17, 15) is 0 Å². The van der Waals surface area contributed by atoms with Crippen LogP contribution in [0.15, 0.2) is 24.3 Å². The minimum atomic E-state index is 0.567. The molecule has 0 saturated carbocycles. The molecule has 1 atom stereocenters. The lowest BCUT2D eigenvalue weighted by molar-refractivity contribution is 0.177. The van der Waals surface area contributed by atoms with Crippen LogP contribution < -0.4 is 5.32 Å². The quantitative estimate of drug-likeness (QED) is 0.874. The molecule has 0 aromatic heterocycles. The third-order valence-electron chi connectivity index (χ3n) is 4.25. The normalized spacial score (nSPS) is 18.7. The fourth-order valence-electron chi connectivity index (χ4n) is 3.32. The van der Waals surface area contributed by atoms with Crippen LogP contribution in [0.4, 0.5) is 0 Å². The molecule has 1 heterocycles. The van der Waals surface area contributed by atoms with Gasteiger partial charge in [0.05, 0.1) is 0 Å². The molecule has 0 aliphatic carbocycles. The van der Waals surface area contributed by atoms with E-state index in [-0.39, 0.29) is 0 Å². The molecule has 1 aromatic carbocycles. The highest BCUT2D eigenvalue weighted by atomic mass is 15.1. The van der Waals surface area contributed by atoms with Crippen molar-refractivity contribution in [1.29, 1.82) is 0 Å². The molecule has 1 aliphatic heterocycles. The van der Waals surface area contributed by atoms with Crippen LogP contribution in [0.5, 0.6) is 0 Å². The average molecular weight is 260 g/mol. The van der Waals surface area contributed by atoms with Crippen molar-refractivity contribution in [2.45, 2.75) is 38.6 Å². The zero-order valence-electron chi connectivity index (χ0n) is 12.7. The second kappa shape index (κ2) is 7.06. The van der Waals surface area contributed by atoms with Crippen molar-refractivity contribution in [3.63, 3.8) is 0 Å². The molecule has 0 amide bonds. The van der Waals surface area contributed by atoms with Crippen LogP contribution in [0.25, 0.3) is 0 Å². The number of nitrogens with zero attached hydrogens (tertiary/aromatic N) is 1. The largest absolute Gasteiger partial charge is 0.317 e. The maximum absolute atomic E-state index is 3.47. The Bertz CT molecular complexity index is 363. The maximum Gasteiger partial charge on any atom is 0.0371 e. The van der Waals surface area contributed by atoms with Gasteiger partial charge >= 0.3 is 0 Å². The molecule has 0 radical (unpaired) electrons. The summed E-state index contributed by atoms with van der Waals surface area (Å²) in [4.78, 5) is 2.39. The Morgan fingerprint density at radius 2 is 1.79 bits per heavy atom. The summed E-state index contributed by atoms with van der Waals surface area (Å²) in [5, 5.41) is 3.47. The summed E-state index contributed by atoms with van der Waals surface area (Å²) in [6.45, 7) is 4.58. The van der Waals surface area contributed by atoms with Crippen molar-refractivity contribution in [3.05, 3.63) is 35.4 Å². The van der Waals surface area contributed by atoms with Gasteiger partial charge in [0.1, 0.15) is 0 Å².